The molecule has 156 valence electrons. The minimum Gasteiger partial charge on any atom is -0.497 e. The number of ether oxygens (including phenoxy) is 3. The van der Waals surface area contributed by atoms with Gasteiger partial charge in [0.05, 0.1) is 19.8 Å². The fourth-order valence-electron chi connectivity index (χ4n) is 2.78. The molecule has 0 saturated carbocycles. The molecule has 3 aromatic rings. The Kier molecular flexibility index (Phi) is 5.81. The van der Waals surface area contributed by atoms with E-state index in [4.69, 9.17) is 9.47 Å². The smallest absolute Gasteiger partial charge is 0.497 e. The molecule has 1 heterocycles. The lowest BCUT2D eigenvalue weighted by atomic mass is 10.1. The number of aromatic nitrogens is 1. The van der Waals surface area contributed by atoms with E-state index in [0.717, 1.165) is 24.3 Å². The number of hydrogen-bond acceptors (Lipinski definition) is 5. The number of carbonyl (C=O) groups excluding carboxylic acids is 1. The van der Waals surface area contributed by atoms with Crippen LogP contribution >= 0.6 is 0 Å². The normalized spacial score (nSPS) is 11.6. The first-order valence-electron chi connectivity index (χ1n) is 8.57. The van der Waals surface area contributed by atoms with Crippen molar-refractivity contribution in [2.24, 2.45) is 0 Å². The average Bonchev–Trinajstić information content (AvgIpc) is 2.70. The van der Waals surface area contributed by atoms with E-state index in [1.54, 1.807) is 24.3 Å². The van der Waals surface area contributed by atoms with Gasteiger partial charge in [-0.1, -0.05) is 0 Å². The molecular formula is C21H16F3NO5. The Morgan fingerprint density at radius 1 is 1.00 bits per heavy atom. The summed E-state index contributed by atoms with van der Waals surface area (Å²) in [5.74, 6) is -0.564. The molecule has 3 rings (SSSR count). The lowest BCUT2D eigenvalue weighted by Gasteiger charge is -2.11. The number of ketones is 1. The van der Waals surface area contributed by atoms with Gasteiger partial charge in [0.15, 0.2) is 5.78 Å². The number of aromatic amines is 1. The van der Waals surface area contributed by atoms with Crippen molar-refractivity contribution in [1.29, 1.82) is 0 Å². The predicted molar refractivity (Wildman–Crippen MR) is 104 cm³/mol. The fourth-order valence-corrected chi connectivity index (χ4v) is 2.78. The minimum absolute atomic E-state index is 0.0159. The molecule has 0 saturated heterocycles. The van der Waals surface area contributed by atoms with Gasteiger partial charge in [-0.2, -0.15) is 0 Å². The van der Waals surface area contributed by atoms with Gasteiger partial charge in [0.2, 0.25) is 0 Å². The Balaban J connectivity index is 1.90. The number of pyridine rings is 1. The number of halogens is 3. The summed E-state index contributed by atoms with van der Waals surface area (Å²) in [7, 11) is 2.74. The van der Waals surface area contributed by atoms with Gasteiger partial charge in [0.25, 0.3) is 5.56 Å². The van der Waals surface area contributed by atoms with E-state index in [2.05, 4.69) is 9.72 Å². The van der Waals surface area contributed by atoms with E-state index < -0.39 is 23.5 Å². The number of alkyl halides is 3. The van der Waals surface area contributed by atoms with Crippen LogP contribution in [0.25, 0.3) is 17.0 Å². The van der Waals surface area contributed by atoms with Crippen molar-refractivity contribution in [2.75, 3.05) is 14.2 Å². The van der Waals surface area contributed by atoms with E-state index >= 15 is 0 Å². The highest BCUT2D eigenvalue weighted by Gasteiger charge is 2.31. The van der Waals surface area contributed by atoms with Crippen LogP contribution in [0.15, 0.2) is 53.3 Å². The third kappa shape index (κ3) is 4.80. The number of allylic oxidation sites excluding steroid dienone is 1. The predicted octanol–water partition coefficient (Wildman–Crippen LogP) is 4.34. The molecule has 0 spiro atoms. The van der Waals surface area contributed by atoms with Crippen molar-refractivity contribution in [3.8, 4) is 17.2 Å². The molecule has 9 heteroatoms. The third-order valence-corrected chi connectivity index (χ3v) is 4.17. The van der Waals surface area contributed by atoms with Crippen LogP contribution in [0.2, 0.25) is 0 Å². The van der Waals surface area contributed by atoms with E-state index in [1.165, 1.54) is 20.3 Å². The molecule has 1 N–H and O–H groups in total. The standard InChI is InChI=1S/C21H16F3NO5/c1-28-14-5-7-17-13(10-14)9-12(20(27)25-17)3-8-18(26)16-6-4-15(11-19(16)29-2)30-21(22,23)24/h3-11H,1-2H3,(H,25,27)/b8-3+. The topological polar surface area (TPSA) is 77.6 Å². The molecular weight excluding hydrogens is 403 g/mol. The molecule has 0 aliphatic heterocycles. The Morgan fingerprint density at radius 3 is 2.40 bits per heavy atom. The molecule has 1 aromatic heterocycles. The zero-order valence-corrected chi connectivity index (χ0v) is 15.9. The number of fused-ring (bicyclic) bond motifs is 1. The number of methoxy groups -OCH3 is 2. The summed E-state index contributed by atoms with van der Waals surface area (Å²) >= 11 is 0. The molecule has 0 fully saturated rings. The monoisotopic (exact) mass is 419 g/mol. The molecule has 0 bridgehead atoms. The summed E-state index contributed by atoms with van der Waals surface area (Å²) in [5.41, 5.74) is 0.436. The van der Waals surface area contributed by atoms with Crippen molar-refractivity contribution in [3.05, 3.63) is 70.0 Å². The number of H-pyrrole nitrogens is 1. The molecule has 0 atom stereocenters. The molecule has 30 heavy (non-hydrogen) atoms. The highest BCUT2D eigenvalue weighted by Crippen LogP contribution is 2.29. The molecule has 6 nitrogen and oxygen atoms in total. The van der Waals surface area contributed by atoms with Gasteiger partial charge in [-0.05, 0) is 48.6 Å². The SMILES string of the molecule is COc1ccc2[nH]c(=O)c(/C=C/C(=O)c3ccc(OC(F)(F)F)cc3OC)cc2c1. The summed E-state index contributed by atoms with van der Waals surface area (Å²) in [6, 6.07) is 9.85. The Bertz CT molecular complexity index is 1180. The zero-order chi connectivity index (χ0) is 21.9. The van der Waals surface area contributed by atoms with Gasteiger partial charge < -0.3 is 19.2 Å². The second-order valence-electron chi connectivity index (χ2n) is 6.11. The van der Waals surface area contributed by atoms with Crippen LogP contribution in [0, 0.1) is 0 Å². The Labute approximate surface area is 168 Å². The Hall–Kier alpha value is -3.75. The van der Waals surface area contributed by atoms with E-state index in [9.17, 15) is 22.8 Å². The van der Waals surface area contributed by atoms with Crippen LogP contribution in [-0.2, 0) is 0 Å². The van der Waals surface area contributed by atoms with Crippen LogP contribution < -0.4 is 19.8 Å². The maximum absolute atomic E-state index is 12.5. The Morgan fingerprint density at radius 2 is 1.73 bits per heavy atom. The molecule has 0 amide bonds. The second kappa shape index (κ2) is 8.32. The van der Waals surface area contributed by atoms with Gasteiger partial charge >= 0.3 is 6.36 Å². The quantitative estimate of drug-likeness (QED) is 0.475. The maximum Gasteiger partial charge on any atom is 0.573 e. The number of carbonyl (C=O) groups is 1. The number of nitrogens with one attached hydrogen (secondary N) is 1. The van der Waals surface area contributed by atoms with Crippen LogP contribution in [0.3, 0.4) is 0 Å². The second-order valence-corrected chi connectivity index (χ2v) is 6.11. The lowest BCUT2D eigenvalue weighted by molar-refractivity contribution is -0.274. The summed E-state index contributed by atoms with van der Waals surface area (Å²) in [6.45, 7) is 0. The van der Waals surface area contributed by atoms with Gasteiger partial charge in [-0.25, -0.2) is 0 Å². The summed E-state index contributed by atoms with van der Waals surface area (Å²) in [5, 5.41) is 0.701. The lowest BCUT2D eigenvalue weighted by Crippen LogP contribution is -2.17. The van der Waals surface area contributed by atoms with Crippen LogP contribution in [0.5, 0.6) is 17.2 Å². The molecule has 2 aromatic carbocycles. The van der Waals surface area contributed by atoms with Crippen molar-refractivity contribution in [3.63, 3.8) is 0 Å². The van der Waals surface area contributed by atoms with Crippen LogP contribution in [0.4, 0.5) is 13.2 Å². The zero-order valence-electron chi connectivity index (χ0n) is 15.9. The molecule has 0 aliphatic rings. The van der Waals surface area contributed by atoms with Crippen molar-refractivity contribution >= 4 is 22.8 Å². The number of hydrogen-bond donors (Lipinski definition) is 1. The third-order valence-electron chi connectivity index (χ3n) is 4.17. The van der Waals surface area contributed by atoms with Crippen LogP contribution in [0.1, 0.15) is 15.9 Å². The molecule has 0 radical (unpaired) electrons. The van der Waals surface area contributed by atoms with Crippen molar-refractivity contribution in [1.82, 2.24) is 4.98 Å². The highest BCUT2D eigenvalue weighted by atomic mass is 19.4. The van der Waals surface area contributed by atoms with E-state index in [-0.39, 0.29) is 16.9 Å². The summed E-state index contributed by atoms with van der Waals surface area (Å²) in [6.07, 6.45) is -2.41. The van der Waals surface area contributed by atoms with Crippen molar-refractivity contribution in [2.45, 2.75) is 6.36 Å². The minimum atomic E-state index is -4.86. The fraction of sp³-hybridized carbons (Fsp3) is 0.143. The first-order valence-corrected chi connectivity index (χ1v) is 8.57. The van der Waals surface area contributed by atoms with Crippen LogP contribution in [-0.4, -0.2) is 31.3 Å². The summed E-state index contributed by atoms with van der Waals surface area (Å²) < 4.78 is 51.0. The largest absolute Gasteiger partial charge is 0.573 e. The van der Waals surface area contributed by atoms with Gasteiger partial charge in [0, 0.05) is 22.5 Å². The maximum atomic E-state index is 12.5. The highest BCUT2D eigenvalue weighted by molar-refractivity contribution is 6.08. The number of benzene rings is 2. The number of rotatable bonds is 6. The summed E-state index contributed by atoms with van der Waals surface area (Å²) in [4.78, 5) is 27.5. The first-order chi connectivity index (χ1) is 14.2. The molecule has 0 unspecified atom stereocenters. The average molecular weight is 419 g/mol. The van der Waals surface area contributed by atoms with Crippen molar-refractivity contribution < 1.29 is 32.2 Å². The van der Waals surface area contributed by atoms with E-state index in [0.29, 0.717) is 16.7 Å². The first kappa shape index (κ1) is 21.0. The van der Waals surface area contributed by atoms with E-state index in [1.807, 2.05) is 0 Å². The van der Waals surface area contributed by atoms with Gasteiger partial charge in [-0.3, -0.25) is 9.59 Å². The van der Waals surface area contributed by atoms with Gasteiger partial charge in [-0.15, -0.1) is 13.2 Å². The van der Waals surface area contributed by atoms with Gasteiger partial charge in [0.1, 0.15) is 17.2 Å². The molecule has 0 aliphatic carbocycles.